The van der Waals surface area contributed by atoms with Crippen LogP contribution in [0.25, 0.3) is 0 Å². The molecule has 9 heteroatoms. The van der Waals surface area contributed by atoms with Crippen LogP contribution in [0, 0.1) is 27.8 Å². The summed E-state index contributed by atoms with van der Waals surface area (Å²) in [4.78, 5) is 47.9. The second kappa shape index (κ2) is 7.19. The molecule has 1 N–H and O–H groups in total. The van der Waals surface area contributed by atoms with Gasteiger partial charge in [0.25, 0.3) is 5.69 Å². The van der Waals surface area contributed by atoms with Crippen LogP contribution in [0.2, 0.25) is 0 Å². The van der Waals surface area contributed by atoms with Gasteiger partial charge in [0, 0.05) is 25.1 Å². The number of rotatable bonds is 5. The Morgan fingerprint density at radius 3 is 2.42 bits per heavy atom. The molecule has 1 saturated heterocycles. The van der Waals surface area contributed by atoms with E-state index in [-0.39, 0.29) is 48.0 Å². The van der Waals surface area contributed by atoms with E-state index in [1.54, 1.807) is 0 Å². The molecular formula is C17H18FN3O5. The largest absolute Gasteiger partial charge is 0.323 e. The predicted molar refractivity (Wildman–Crippen MR) is 88.5 cm³/mol. The number of non-ortho nitro benzene ring substituents is 1. The number of fused-ring (bicyclic) bond motifs is 1. The Bertz CT molecular complexity index is 758. The van der Waals surface area contributed by atoms with E-state index in [4.69, 9.17) is 0 Å². The second-order valence-corrected chi connectivity index (χ2v) is 6.54. The van der Waals surface area contributed by atoms with Gasteiger partial charge < -0.3 is 5.32 Å². The van der Waals surface area contributed by atoms with Crippen molar-refractivity contribution in [1.29, 1.82) is 0 Å². The molecule has 26 heavy (non-hydrogen) atoms. The first kappa shape index (κ1) is 18.0. The molecule has 1 saturated carbocycles. The number of nitro groups is 1. The summed E-state index contributed by atoms with van der Waals surface area (Å²) in [6.45, 7) is -0.0763. The van der Waals surface area contributed by atoms with Crippen LogP contribution in [0.4, 0.5) is 15.8 Å². The zero-order valence-corrected chi connectivity index (χ0v) is 13.9. The molecule has 0 spiro atoms. The summed E-state index contributed by atoms with van der Waals surface area (Å²) >= 11 is 0. The quantitative estimate of drug-likeness (QED) is 0.490. The maximum absolute atomic E-state index is 13.7. The zero-order chi connectivity index (χ0) is 18.8. The first-order valence-electron chi connectivity index (χ1n) is 8.47. The van der Waals surface area contributed by atoms with Crippen LogP contribution < -0.4 is 5.32 Å². The lowest BCUT2D eigenvalue weighted by atomic mass is 9.81. The lowest BCUT2D eigenvalue weighted by Crippen LogP contribution is -2.34. The van der Waals surface area contributed by atoms with E-state index in [9.17, 15) is 28.9 Å². The molecule has 1 heterocycles. The van der Waals surface area contributed by atoms with E-state index >= 15 is 0 Å². The molecule has 2 aliphatic rings. The van der Waals surface area contributed by atoms with Crippen LogP contribution >= 0.6 is 0 Å². The van der Waals surface area contributed by atoms with Gasteiger partial charge in [-0.1, -0.05) is 12.8 Å². The molecule has 1 aliphatic carbocycles. The highest BCUT2D eigenvalue weighted by Crippen LogP contribution is 2.38. The molecule has 3 rings (SSSR count). The number of anilines is 1. The average molecular weight is 363 g/mol. The lowest BCUT2D eigenvalue weighted by molar-refractivity contribution is -0.384. The molecule has 138 valence electrons. The van der Waals surface area contributed by atoms with E-state index in [0.29, 0.717) is 12.8 Å². The molecule has 2 atom stereocenters. The Labute approximate surface area is 148 Å². The highest BCUT2D eigenvalue weighted by molar-refractivity contribution is 6.05. The highest BCUT2D eigenvalue weighted by Gasteiger charge is 2.47. The van der Waals surface area contributed by atoms with Crippen molar-refractivity contribution in [2.75, 3.05) is 11.9 Å². The third kappa shape index (κ3) is 3.42. The van der Waals surface area contributed by atoms with Gasteiger partial charge in [0.1, 0.15) is 5.82 Å². The second-order valence-electron chi connectivity index (χ2n) is 6.54. The maximum atomic E-state index is 13.7. The number of hydrogen-bond acceptors (Lipinski definition) is 5. The number of likely N-dealkylation sites (tertiary alicyclic amines) is 1. The van der Waals surface area contributed by atoms with Gasteiger partial charge in [0.05, 0.1) is 22.4 Å². The number of hydrogen-bond donors (Lipinski definition) is 1. The Morgan fingerprint density at radius 2 is 1.85 bits per heavy atom. The van der Waals surface area contributed by atoms with Crippen LogP contribution in [0.1, 0.15) is 32.1 Å². The van der Waals surface area contributed by atoms with Crippen molar-refractivity contribution in [3.8, 4) is 0 Å². The molecule has 1 aromatic carbocycles. The number of carbonyl (C=O) groups excluding carboxylic acids is 3. The zero-order valence-electron chi connectivity index (χ0n) is 13.9. The third-order valence-corrected chi connectivity index (χ3v) is 4.93. The molecule has 0 bridgehead atoms. The van der Waals surface area contributed by atoms with Crippen molar-refractivity contribution < 1.29 is 23.7 Å². The molecule has 0 radical (unpaired) electrons. The highest BCUT2D eigenvalue weighted by atomic mass is 19.1. The van der Waals surface area contributed by atoms with Crippen LogP contribution in [-0.4, -0.2) is 34.1 Å². The fourth-order valence-corrected chi connectivity index (χ4v) is 3.60. The molecular weight excluding hydrogens is 345 g/mol. The molecule has 8 nitrogen and oxygen atoms in total. The van der Waals surface area contributed by atoms with E-state index in [0.717, 1.165) is 35.9 Å². The van der Waals surface area contributed by atoms with Gasteiger partial charge in [-0.25, -0.2) is 4.39 Å². The number of nitrogens with one attached hydrogen (secondary N) is 1. The normalized spacial score (nSPS) is 22.3. The number of nitro benzene ring substituents is 1. The number of benzene rings is 1. The van der Waals surface area contributed by atoms with Crippen LogP contribution in [0.15, 0.2) is 18.2 Å². The topological polar surface area (TPSA) is 110 Å². The van der Waals surface area contributed by atoms with Gasteiger partial charge in [-0.2, -0.15) is 0 Å². The fourth-order valence-electron chi connectivity index (χ4n) is 3.60. The summed E-state index contributed by atoms with van der Waals surface area (Å²) in [6.07, 6.45) is 3.02. The number of carbonyl (C=O) groups is 3. The summed E-state index contributed by atoms with van der Waals surface area (Å²) in [5.74, 6) is -2.48. The summed E-state index contributed by atoms with van der Waals surface area (Å²) in [7, 11) is 0. The Balaban J connectivity index is 1.61. The van der Waals surface area contributed by atoms with Crippen molar-refractivity contribution in [1.82, 2.24) is 4.90 Å². The Morgan fingerprint density at radius 1 is 1.23 bits per heavy atom. The Kier molecular flexibility index (Phi) is 4.97. The molecule has 0 unspecified atom stereocenters. The van der Waals surface area contributed by atoms with Crippen molar-refractivity contribution >= 4 is 29.1 Å². The average Bonchev–Trinajstić information content (AvgIpc) is 2.86. The minimum absolute atomic E-state index is 0.0763. The number of halogens is 1. The lowest BCUT2D eigenvalue weighted by Gasteiger charge is -2.19. The van der Waals surface area contributed by atoms with Gasteiger partial charge in [-0.05, 0) is 18.9 Å². The molecule has 2 fully saturated rings. The van der Waals surface area contributed by atoms with E-state index in [2.05, 4.69) is 5.32 Å². The van der Waals surface area contributed by atoms with Crippen molar-refractivity contribution in [3.05, 3.63) is 34.1 Å². The number of amides is 3. The maximum Gasteiger partial charge on any atom is 0.271 e. The number of nitrogens with zero attached hydrogens (tertiary/aromatic N) is 2. The first-order chi connectivity index (χ1) is 12.4. The smallest absolute Gasteiger partial charge is 0.271 e. The third-order valence-electron chi connectivity index (χ3n) is 4.93. The fraction of sp³-hybridized carbons (Fsp3) is 0.471. The van der Waals surface area contributed by atoms with E-state index in [1.165, 1.54) is 0 Å². The molecule has 3 amide bonds. The molecule has 0 aromatic heterocycles. The van der Waals surface area contributed by atoms with Crippen molar-refractivity contribution in [3.63, 3.8) is 0 Å². The SMILES string of the molecule is O=C(CCN1C(=O)[C@H]2CCCC[C@H]2C1=O)Nc1cc([N+](=O)[O-])ccc1F. The Hall–Kier alpha value is -2.84. The molecule has 1 aliphatic heterocycles. The summed E-state index contributed by atoms with van der Waals surface area (Å²) in [5.41, 5.74) is -0.660. The van der Waals surface area contributed by atoms with Crippen LogP contribution in [-0.2, 0) is 14.4 Å². The van der Waals surface area contributed by atoms with Crippen molar-refractivity contribution in [2.24, 2.45) is 11.8 Å². The van der Waals surface area contributed by atoms with Crippen LogP contribution in [0.5, 0.6) is 0 Å². The van der Waals surface area contributed by atoms with Gasteiger partial charge in [0.2, 0.25) is 17.7 Å². The van der Waals surface area contributed by atoms with Gasteiger partial charge in [-0.15, -0.1) is 0 Å². The summed E-state index contributed by atoms with van der Waals surface area (Å²) < 4.78 is 13.7. The summed E-state index contributed by atoms with van der Waals surface area (Å²) in [5, 5.41) is 13.0. The summed E-state index contributed by atoms with van der Waals surface area (Å²) in [6, 6.07) is 2.81. The van der Waals surface area contributed by atoms with Gasteiger partial charge in [-0.3, -0.25) is 29.4 Å². The molecule has 1 aromatic rings. The van der Waals surface area contributed by atoms with Gasteiger partial charge in [0.15, 0.2) is 0 Å². The number of imide groups is 1. The predicted octanol–water partition coefficient (Wildman–Crippen LogP) is 2.24. The standard InChI is InChI=1S/C17H18FN3O5/c18-13-6-5-10(21(25)26)9-14(13)19-15(22)7-8-20-16(23)11-3-1-2-4-12(11)17(20)24/h5-6,9,11-12H,1-4,7-8H2,(H,19,22)/t11-,12+. The van der Waals surface area contributed by atoms with Crippen LogP contribution in [0.3, 0.4) is 0 Å². The van der Waals surface area contributed by atoms with E-state index < -0.39 is 16.6 Å². The van der Waals surface area contributed by atoms with Gasteiger partial charge >= 0.3 is 0 Å². The van der Waals surface area contributed by atoms with E-state index in [1.807, 2.05) is 0 Å². The minimum Gasteiger partial charge on any atom is -0.323 e. The van der Waals surface area contributed by atoms with Crippen molar-refractivity contribution in [2.45, 2.75) is 32.1 Å². The minimum atomic E-state index is -0.803. The monoisotopic (exact) mass is 363 g/mol. The first-order valence-corrected chi connectivity index (χ1v) is 8.47.